The number of hydrogen-bond donors (Lipinski definition) is 1. The summed E-state index contributed by atoms with van der Waals surface area (Å²) in [5, 5.41) is 3.66. The second-order valence-corrected chi connectivity index (χ2v) is 4.71. The van der Waals surface area contributed by atoms with E-state index in [9.17, 15) is 0 Å². The van der Waals surface area contributed by atoms with Crippen LogP contribution in [0.5, 0.6) is 0 Å². The highest BCUT2D eigenvalue weighted by Gasteiger charge is 2.23. The van der Waals surface area contributed by atoms with Crippen LogP contribution < -0.4 is 5.32 Å². The summed E-state index contributed by atoms with van der Waals surface area (Å²) in [6.45, 7) is 6.33. The van der Waals surface area contributed by atoms with Crippen LogP contribution in [0.25, 0.3) is 0 Å². The van der Waals surface area contributed by atoms with Crippen LogP contribution in [-0.4, -0.2) is 19.3 Å². The summed E-state index contributed by atoms with van der Waals surface area (Å²) >= 11 is 0. The zero-order valence-corrected chi connectivity index (χ0v) is 10.1. The molecule has 0 spiro atoms. The van der Waals surface area contributed by atoms with Crippen molar-refractivity contribution in [3.05, 3.63) is 35.9 Å². The minimum absolute atomic E-state index is 0.414. The second kappa shape index (κ2) is 5.46. The van der Waals surface area contributed by atoms with Crippen LogP contribution >= 0.6 is 0 Å². The van der Waals surface area contributed by atoms with E-state index in [0.717, 1.165) is 13.2 Å². The lowest BCUT2D eigenvalue weighted by Gasteiger charge is -2.24. The highest BCUT2D eigenvalue weighted by molar-refractivity contribution is 5.18. The van der Waals surface area contributed by atoms with Gasteiger partial charge in [-0.2, -0.15) is 0 Å². The zero-order chi connectivity index (χ0) is 11.4. The number of rotatable bonds is 4. The predicted octanol–water partition coefficient (Wildman–Crippen LogP) is 2.76. The Bertz CT molecular complexity index is 306. The van der Waals surface area contributed by atoms with Gasteiger partial charge in [-0.3, -0.25) is 0 Å². The van der Waals surface area contributed by atoms with Gasteiger partial charge in [0.05, 0.1) is 6.61 Å². The van der Waals surface area contributed by atoms with Crippen LogP contribution in [0, 0.1) is 5.92 Å². The fourth-order valence-corrected chi connectivity index (χ4v) is 2.32. The summed E-state index contributed by atoms with van der Waals surface area (Å²) < 4.78 is 5.43. The van der Waals surface area contributed by atoms with Crippen molar-refractivity contribution in [1.82, 2.24) is 5.32 Å². The van der Waals surface area contributed by atoms with Crippen LogP contribution in [0.15, 0.2) is 30.3 Å². The molecular formula is C14H21NO. The van der Waals surface area contributed by atoms with Gasteiger partial charge >= 0.3 is 0 Å². The van der Waals surface area contributed by atoms with Crippen molar-refractivity contribution in [3.63, 3.8) is 0 Å². The number of benzene rings is 1. The standard InChI is InChI=1S/C14H21NO/c1-11(13-6-4-3-5-7-13)15-12(2)14-8-9-16-10-14/h3-7,11-12,14-15H,8-10H2,1-2H3/t11-,12?,14?/m0/s1. The summed E-state index contributed by atoms with van der Waals surface area (Å²) in [6, 6.07) is 11.5. The van der Waals surface area contributed by atoms with Crippen LogP contribution in [0.4, 0.5) is 0 Å². The van der Waals surface area contributed by atoms with Gasteiger partial charge in [0.2, 0.25) is 0 Å². The molecule has 0 radical (unpaired) electrons. The van der Waals surface area contributed by atoms with Crippen molar-refractivity contribution < 1.29 is 4.74 Å². The molecule has 16 heavy (non-hydrogen) atoms. The van der Waals surface area contributed by atoms with Crippen LogP contribution in [0.3, 0.4) is 0 Å². The predicted molar refractivity (Wildman–Crippen MR) is 66.4 cm³/mol. The molecule has 2 heteroatoms. The van der Waals surface area contributed by atoms with Crippen molar-refractivity contribution in [2.75, 3.05) is 13.2 Å². The number of hydrogen-bond acceptors (Lipinski definition) is 2. The fraction of sp³-hybridized carbons (Fsp3) is 0.571. The lowest BCUT2D eigenvalue weighted by molar-refractivity contribution is 0.177. The monoisotopic (exact) mass is 219 g/mol. The largest absolute Gasteiger partial charge is 0.381 e. The Kier molecular flexibility index (Phi) is 3.97. The van der Waals surface area contributed by atoms with Crippen molar-refractivity contribution in [2.45, 2.75) is 32.4 Å². The van der Waals surface area contributed by atoms with Crippen LogP contribution in [0.1, 0.15) is 31.9 Å². The maximum absolute atomic E-state index is 5.43. The highest BCUT2D eigenvalue weighted by Crippen LogP contribution is 2.20. The molecule has 3 atom stereocenters. The molecule has 2 nitrogen and oxygen atoms in total. The maximum atomic E-state index is 5.43. The molecule has 1 fully saturated rings. The first-order chi connectivity index (χ1) is 7.77. The van der Waals surface area contributed by atoms with Gasteiger partial charge in [-0.1, -0.05) is 30.3 Å². The molecule has 1 aromatic rings. The van der Waals surface area contributed by atoms with Gasteiger partial charge in [-0.05, 0) is 31.7 Å². The molecule has 1 saturated heterocycles. The Morgan fingerprint density at radius 2 is 2.00 bits per heavy atom. The fourth-order valence-electron chi connectivity index (χ4n) is 2.32. The molecule has 1 N–H and O–H groups in total. The smallest absolute Gasteiger partial charge is 0.0509 e. The normalized spacial score (nSPS) is 24.2. The molecule has 2 unspecified atom stereocenters. The van der Waals surface area contributed by atoms with E-state index in [0.29, 0.717) is 18.0 Å². The summed E-state index contributed by atoms with van der Waals surface area (Å²) in [4.78, 5) is 0. The van der Waals surface area contributed by atoms with Crippen molar-refractivity contribution in [3.8, 4) is 0 Å². The van der Waals surface area contributed by atoms with Gasteiger partial charge in [-0.25, -0.2) is 0 Å². The third kappa shape index (κ3) is 2.83. The molecule has 0 bridgehead atoms. The first-order valence-corrected chi connectivity index (χ1v) is 6.16. The molecule has 1 aliphatic rings. The quantitative estimate of drug-likeness (QED) is 0.840. The average Bonchev–Trinajstić information content (AvgIpc) is 2.83. The third-order valence-corrected chi connectivity index (χ3v) is 3.48. The summed E-state index contributed by atoms with van der Waals surface area (Å²) in [5.41, 5.74) is 1.35. The van der Waals surface area contributed by atoms with Crippen molar-refractivity contribution >= 4 is 0 Å². The first-order valence-electron chi connectivity index (χ1n) is 6.16. The number of nitrogens with one attached hydrogen (secondary N) is 1. The Labute approximate surface area is 98.0 Å². The molecule has 88 valence electrons. The van der Waals surface area contributed by atoms with Crippen LogP contribution in [-0.2, 0) is 4.74 Å². The van der Waals surface area contributed by atoms with Gasteiger partial charge in [0.25, 0.3) is 0 Å². The molecule has 1 heterocycles. The lowest BCUT2D eigenvalue weighted by Crippen LogP contribution is -2.35. The molecule has 0 amide bonds. The van der Waals surface area contributed by atoms with E-state index < -0.39 is 0 Å². The van der Waals surface area contributed by atoms with E-state index >= 15 is 0 Å². The van der Waals surface area contributed by atoms with Crippen molar-refractivity contribution in [1.29, 1.82) is 0 Å². The molecule has 1 aliphatic heterocycles. The second-order valence-electron chi connectivity index (χ2n) is 4.71. The van der Waals surface area contributed by atoms with Gasteiger partial charge in [0.15, 0.2) is 0 Å². The SMILES string of the molecule is CC(N[C@@H](C)c1ccccc1)C1CCOC1. The number of ether oxygens (including phenoxy) is 1. The summed E-state index contributed by atoms with van der Waals surface area (Å²) in [6.07, 6.45) is 1.19. The Morgan fingerprint density at radius 1 is 1.25 bits per heavy atom. The molecule has 2 rings (SSSR count). The molecule has 1 aromatic carbocycles. The summed E-state index contributed by atoms with van der Waals surface area (Å²) in [7, 11) is 0. The lowest BCUT2D eigenvalue weighted by atomic mass is 9.98. The topological polar surface area (TPSA) is 21.3 Å². The van der Waals surface area contributed by atoms with Crippen molar-refractivity contribution in [2.24, 2.45) is 5.92 Å². The van der Waals surface area contributed by atoms with Gasteiger partial charge in [0, 0.05) is 18.7 Å². The van der Waals surface area contributed by atoms with E-state index in [1.54, 1.807) is 0 Å². The Balaban J connectivity index is 1.89. The van der Waals surface area contributed by atoms with Gasteiger partial charge < -0.3 is 10.1 Å². The van der Waals surface area contributed by atoms with Gasteiger partial charge in [0.1, 0.15) is 0 Å². The summed E-state index contributed by atoms with van der Waals surface area (Å²) in [5.74, 6) is 0.672. The maximum Gasteiger partial charge on any atom is 0.0509 e. The van der Waals surface area contributed by atoms with E-state index in [4.69, 9.17) is 4.74 Å². The highest BCUT2D eigenvalue weighted by atomic mass is 16.5. The Morgan fingerprint density at radius 3 is 2.62 bits per heavy atom. The molecule has 0 aliphatic carbocycles. The van der Waals surface area contributed by atoms with E-state index in [-0.39, 0.29) is 0 Å². The van der Waals surface area contributed by atoms with E-state index in [1.165, 1.54) is 12.0 Å². The van der Waals surface area contributed by atoms with E-state index in [2.05, 4.69) is 49.5 Å². The minimum atomic E-state index is 0.414. The van der Waals surface area contributed by atoms with Gasteiger partial charge in [-0.15, -0.1) is 0 Å². The van der Waals surface area contributed by atoms with Crippen LogP contribution in [0.2, 0.25) is 0 Å². The average molecular weight is 219 g/mol. The minimum Gasteiger partial charge on any atom is -0.381 e. The first kappa shape index (κ1) is 11.6. The molecule has 0 aromatic heterocycles. The zero-order valence-electron chi connectivity index (χ0n) is 10.1. The third-order valence-electron chi connectivity index (χ3n) is 3.48. The van der Waals surface area contributed by atoms with E-state index in [1.807, 2.05) is 0 Å². The Hall–Kier alpha value is -0.860. The molecular weight excluding hydrogens is 198 g/mol. The molecule has 0 saturated carbocycles.